The van der Waals surface area contributed by atoms with Crippen molar-refractivity contribution >= 4 is 11.9 Å². The minimum absolute atomic E-state index is 0.0609. The number of likely N-dealkylation sites (tertiary alicyclic amines) is 1. The van der Waals surface area contributed by atoms with E-state index < -0.39 is 0 Å². The summed E-state index contributed by atoms with van der Waals surface area (Å²) >= 11 is 0. The van der Waals surface area contributed by atoms with E-state index in [1.165, 1.54) is 57.8 Å². The molecule has 31 heavy (non-hydrogen) atoms. The minimum atomic E-state index is -0.0743. The second-order valence-corrected chi connectivity index (χ2v) is 9.14. The molecule has 1 heterocycles. The first-order chi connectivity index (χ1) is 15.1. The number of ether oxygens (including phenoxy) is 1. The number of amides is 1. The molecule has 0 unspecified atom stereocenters. The molecule has 1 aromatic rings. The number of piperidine rings is 1. The Morgan fingerprint density at radius 2 is 1.48 bits per heavy atom. The van der Waals surface area contributed by atoms with Gasteiger partial charge in [-0.15, -0.1) is 0 Å². The summed E-state index contributed by atoms with van der Waals surface area (Å²) in [6.45, 7) is 6.05. The van der Waals surface area contributed by atoms with Crippen molar-refractivity contribution in [3.05, 3.63) is 35.4 Å². The molecule has 0 atom stereocenters. The Hall–Kier alpha value is -1.84. The molecule has 1 amide bonds. The Morgan fingerprint density at radius 1 is 0.903 bits per heavy atom. The summed E-state index contributed by atoms with van der Waals surface area (Å²) in [6, 6.07) is 7.70. The minimum Gasteiger partial charge on any atom is -0.465 e. The highest BCUT2D eigenvalue weighted by atomic mass is 16.5. The van der Waals surface area contributed by atoms with Gasteiger partial charge in [-0.3, -0.25) is 9.59 Å². The summed E-state index contributed by atoms with van der Waals surface area (Å²) in [5.74, 6) is -0.0690. The molecule has 1 saturated heterocycles. The third-order valence-corrected chi connectivity index (χ3v) is 6.37. The highest BCUT2D eigenvalue weighted by Crippen LogP contribution is 2.21. The molecule has 1 fully saturated rings. The van der Waals surface area contributed by atoms with Crippen LogP contribution >= 0.6 is 0 Å². The predicted octanol–water partition coefficient (Wildman–Crippen LogP) is 6.70. The third-order valence-electron chi connectivity index (χ3n) is 6.37. The van der Waals surface area contributed by atoms with Gasteiger partial charge in [0.1, 0.15) is 0 Å². The number of hydrogen-bond donors (Lipinski definition) is 0. The van der Waals surface area contributed by atoms with Crippen molar-refractivity contribution < 1.29 is 14.3 Å². The fourth-order valence-corrected chi connectivity index (χ4v) is 4.34. The first kappa shape index (κ1) is 25.4. The fourth-order valence-electron chi connectivity index (χ4n) is 4.34. The van der Waals surface area contributed by atoms with Crippen LogP contribution in [0.4, 0.5) is 0 Å². The van der Waals surface area contributed by atoms with Crippen molar-refractivity contribution in [3.8, 4) is 0 Å². The van der Waals surface area contributed by atoms with E-state index >= 15 is 0 Å². The highest BCUT2D eigenvalue weighted by molar-refractivity contribution is 5.94. The van der Waals surface area contributed by atoms with Crippen molar-refractivity contribution in [1.82, 2.24) is 4.90 Å². The molecule has 1 aromatic carbocycles. The van der Waals surface area contributed by atoms with E-state index in [-0.39, 0.29) is 17.8 Å². The van der Waals surface area contributed by atoms with Gasteiger partial charge in [-0.1, -0.05) is 88.8 Å². The summed E-state index contributed by atoms with van der Waals surface area (Å²) < 4.78 is 5.52. The average molecular weight is 430 g/mol. The summed E-state index contributed by atoms with van der Waals surface area (Å²) in [6.07, 6.45) is 15.6. The van der Waals surface area contributed by atoms with Crippen LogP contribution in [0.3, 0.4) is 0 Å². The SMILES string of the molecule is CCCCCCCCCCCCCOC(=O)C1CCN(C(=O)c2cccc(C)c2)CC1. The van der Waals surface area contributed by atoms with Gasteiger partial charge in [-0.2, -0.15) is 0 Å². The molecule has 1 aliphatic rings. The van der Waals surface area contributed by atoms with E-state index in [0.717, 1.165) is 24.0 Å². The van der Waals surface area contributed by atoms with Gasteiger partial charge in [0.2, 0.25) is 0 Å². The van der Waals surface area contributed by atoms with E-state index in [0.29, 0.717) is 32.5 Å². The second kappa shape index (κ2) is 15.0. The van der Waals surface area contributed by atoms with Gasteiger partial charge in [0.25, 0.3) is 5.91 Å². The first-order valence-corrected chi connectivity index (χ1v) is 12.6. The number of unbranched alkanes of at least 4 members (excludes halogenated alkanes) is 10. The molecule has 4 heteroatoms. The largest absolute Gasteiger partial charge is 0.465 e. The van der Waals surface area contributed by atoms with Crippen LogP contribution in [0.1, 0.15) is 106 Å². The fraction of sp³-hybridized carbons (Fsp3) is 0.704. The number of carbonyl (C=O) groups excluding carboxylic acids is 2. The number of benzene rings is 1. The molecular formula is C27H43NO3. The molecule has 2 rings (SSSR count). The summed E-state index contributed by atoms with van der Waals surface area (Å²) in [5, 5.41) is 0. The van der Waals surface area contributed by atoms with Crippen LogP contribution in [0.5, 0.6) is 0 Å². The van der Waals surface area contributed by atoms with Crippen molar-refractivity contribution in [2.75, 3.05) is 19.7 Å². The Labute approximate surface area is 189 Å². The van der Waals surface area contributed by atoms with Crippen molar-refractivity contribution in [2.24, 2.45) is 5.92 Å². The van der Waals surface area contributed by atoms with E-state index in [4.69, 9.17) is 4.74 Å². The van der Waals surface area contributed by atoms with Crippen molar-refractivity contribution in [2.45, 2.75) is 97.3 Å². The molecule has 0 aromatic heterocycles. The van der Waals surface area contributed by atoms with Crippen LogP contribution in [0.15, 0.2) is 24.3 Å². The first-order valence-electron chi connectivity index (χ1n) is 12.6. The molecule has 1 aliphatic heterocycles. The van der Waals surface area contributed by atoms with Crippen LogP contribution in [0.25, 0.3) is 0 Å². The third kappa shape index (κ3) is 9.88. The zero-order chi connectivity index (χ0) is 22.3. The van der Waals surface area contributed by atoms with Crippen LogP contribution in [-0.2, 0) is 9.53 Å². The molecule has 0 saturated carbocycles. The zero-order valence-corrected chi connectivity index (χ0v) is 19.9. The van der Waals surface area contributed by atoms with Gasteiger partial charge in [-0.05, 0) is 38.3 Å². The smallest absolute Gasteiger partial charge is 0.309 e. The van der Waals surface area contributed by atoms with E-state index in [1.54, 1.807) is 0 Å². The molecule has 0 radical (unpaired) electrons. The normalized spacial score (nSPS) is 14.6. The Balaban J connectivity index is 1.49. The average Bonchev–Trinajstić information content (AvgIpc) is 2.79. The van der Waals surface area contributed by atoms with Gasteiger partial charge in [0.15, 0.2) is 0 Å². The summed E-state index contributed by atoms with van der Waals surface area (Å²) in [5.41, 5.74) is 1.82. The quantitative estimate of drug-likeness (QED) is 0.244. The van der Waals surface area contributed by atoms with Crippen molar-refractivity contribution in [1.29, 1.82) is 0 Å². The number of esters is 1. The molecule has 0 aliphatic carbocycles. The Morgan fingerprint density at radius 3 is 2.06 bits per heavy atom. The monoisotopic (exact) mass is 429 g/mol. The number of nitrogens with zero attached hydrogens (tertiary/aromatic N) is 1. The molecule has 0 spiro atoms. The molecule has 0 bridgehead atoms. The zero-order valence-electron chi connectivity index (χ0n) is 19.9. The predicted molar refractivity (Wildman–Crippen MR) is 127 cm³/mol. The number of rotatable bonds is 14. The van der Waals surface area contributed by atoms with E-state index in [1.807, 2.05) is 36.1 Å². The lowest BCUT2D eigenvalue weighted by Gasteiger charge is -2.31. The van der Waals surface area contributed by atoms with Gasteiger partial charge < -0.3 is 9.64 Å². The van der Waals surface area contributed by atoms with Gasteiger partial charge >= 0.3 is 5.97 Å². The molecular weight excluding hydrogens is 386 g/mol. The number of aryl methyl sites for hydroxylation is 1. The Bertz CT molecular complexity index is 650. The second-order valence-electron chi connectivity index (χ2n) is 9.14. The van der Waals surface area contributed by atoms with E-state index in [9.17, 15) is 9.59 Å². The van der Waals surface area contributed by atoms with Crippen LogP contribution in [0, 0.1) is 12.8 Å². The van der Waals surface area contributed by atoms with E-state index in [2.05, 4.69) is 6.92 Å². The van der Waals surface area contributed by atoms with Crippen molar-refractivity contribution in [3.63, 3.8) is 0 Å². The van der Waals surface area contributed by atoms with Gasteiger partial charge in [0, 0.05) is 18.7 Å². The standard InChI is InChI=1S/C27H43NO3/c1-3-4-5-6-7-8-9-10-11-12-13-21-31-27(30)24-17-19-28(20-18-24)26(29)25-16-14-15-23(2)22-25/h14-16,22,24H,3-13,17-21H2,1-2H3. The maximum absolute atomic E-state index is 12.6. The topological polar surface area (TPSA) is 46.6 Å². The highest BCUT2D eigenvalue weighted by Gasteiger charge is 2.28. The molecule has 0 N–H and O–H groups in total. The van der Waals surface area contributed by atoms with Gasteiger partial charge in [0.05, 0.1) is 12.5 Å². The maximum Gasteiger partial charge on any atom is 0.309 e. The van der Waals surface area contributed by atoms with Crippen LogP contribution in [0.2, 0.25) is 0 Å². The lowest BCUT2D eigenvalue weighted by atomic mass is 9.96. The lowest BCUT2D eigenvalue weighted by Crippen LogP contribution is -2.40. The van der Waals surface area contributed by atoms with Gasteiger partial charge in [-0.25, -0.2) is 0 Å². The lowest BCUT2D eigenvalue weighted by molar-refractivity contribution is -0.150. The van der Waals surface area contributed by atoms with Crippen LogP contribution in [-0.4, -0.2) is 36.5 Å². The number of hydrogen-bond acceptors (Lipinski definition) is 3. The summed E-state index contributed by atoms with van der Waals surface area (Å²) in [7, 11) is 0. The molecule has 174 valence electrons. The van der Waals surface area contributed by atoms with Crippen LogP contribution < -0.4 is 0 Å². The maximum atomic E-state index is 12.6. The summed E-state index contributed by atoms with van der Waals surface area (Å²) in [4.78, 5) is 26.8. The number of carbonyl (C=O) groups is 2. The molecule has 4 nitrogen and oxygen atoms in total. The Kier molecular flexibility index (Phi) is 12.3.